The van der Waals surface area contributed by atoms with Crippen molar-refractivity contribution in [2.24, 2.45) is 0 Å². The SMILES string of the molecule is COC(C)(C)CC(C)(OC1CCC1)C(=O)O. The Hall–Kier alpha value is -0.610. The highest BCUT2D eigenvalue weighted by Gasteiger charge is 2.42. The fourth-order valence-corrected chi connectivity index (χ4v) is 1.91. The Labute approximate surface area is 96.9 Å². The summed E-state index contributed by atoms with van der Waals surface area (Å²) >= 11 is 0. The minimum absolute atomic E-state index is 0.105. The van der Waals surface area contributed by atoms with Crippen LogP contribution in [0.5, 0.6) is 0 Å². The lowest BCUT2D eigenvalue weighted by Crippen LogP contribution is -2.48. The normalized spacial score (nSPS) is 21.2. The maximum atomic E-state index is 11.3. The van der Waals surface area contributed by atoms with Crippen LogP contribution in [0.25, 0.3) is 0 Å². The zero-order valence-electron chi connectivity index (χ0n) is 10.6. The van der Waals surface area contributed by atoms with Crippen LogP contribution in [0.4, 0.5) is 0 Å². The van der Waals surface area contributed by atoms with E-state index in [0.717, 1.165) is 19.3 Å². The molecule has 16 heavy (non-hydrogen) atoms. The van der Waals surface area contributed by atoms with E-state index in [1.165, 1.54) is 0 Å². The summed E-state index contributed by atoms with van der Waals surface area (Å²) in [6.45, 7) is 5.38. The zero-order valence-corrected chi connectivity index (χ0v) is 10.6. The van der Waals surface area contributed by atoms with Crippen molar-refractivity contribution in [1.82, 2.24) is 0 Å². The minimum atomic E-state index is -1.15. The summed E-state index contributed by atoms with van der Waals surface area (Å²) in [6.07, 6.45) is 3.52. The van der Waals surface area contributed by atoms with E-state index in [1.54, 1.807) is 14.0 Å². The van der Waals surface area contributed by atoms with E-state index in [9.17, 15) is 9.90 Å². The van der Waals surface area contributed by atoms with E-state index in [-0.39, 0.29) is 6.10 Å². The molecule has 0 aliphatic heterocycles. The van der Waals surface area contributed by atoms with Crippen LogP contribution < -0.4 is 0 Å². The van der Waals surface area contributed by atoms with Gasteiger partial charge in [-0.15, -0.1) is 0 Å². The molecule has 0 saturated heterocycles. The smallest absolute Gasteiger partial charge is 0.335 e. The lowest BCUT2D eigenvalue weighted by atomic mass is 9.88. The molecule has 1 aliphatic rings. The van der Waals surface area contributed by atoms with Crippen LogP contribution in [-0.4, -0.2) is 35.5 Å². The van der Waals surface area contributed by atoms with E-state index in [2.05, 4.69) is 0 Å². The van der Waals surface area contributed by atoms with Gasteiger partial charge in [-0.2, -0.15) is 0 Å². The number of carboxylic acid groups (broad SMARTS) is 1. The number of hydrogen-bond donors (Lipinski definition) is 1. The van der Waals surface area contributed by atoms with Crippen LogP contribution >= 0.6 is 0 Å². The molecule has 1 aliphatic carbocycles. The van der Waals surface area contributed by atoms with Gasteiger partial charge in [0.25, 0.3) is 0 Å². The van der Waals surface area contributed by atoms with Gasteiger partial charge in [-0.3, -0.25) is 0 Å². The molecule has 0 heterocycles. The fraction of sp³-hybridized carbons (Fsp3) is 0.917. The van der Waals surface area contributed by atoms with Gasteiger partial charge < -0.3 is 14.6 Å². The number of rotatable bonds is 6. The second-order valence-electron chi connectivity index (χ2n) is 5.35. The van der Waals surface area contributed by atoms with Gasteiger partial charge in [-0.25, -0.2) is 4.79 Å². The van der Waals surface area contributed by atoms with Crippen molar-refractivity contribution in [3.05, 3.63) is 0 Å². The Kier molecular flexibility index (Phi) is 3.97. The molecular weight excluding hydrogens is 208 g/mol. The molecule has 0 aromatic carbocycles. The summed E-state index contributed by atoms with van der Waals surface area (Å²) in [7, 11) is 1.59. The molecule has 94 valence electrons. The number of carbonyl (C=O) groups is 1. The van der Waals surface area contributed by atoms with Gasteiger partial charge in [0.1, 0.15) is 0 Å². The summed E-state index contributed by atoms with van der Waals surface area (Å²) in [5, 5.41) is 9.28. The lowest BCUT2D eigenvalue weighted by Gasteiger charge is -2.38. The third-order valence-corrected chi connectivity index (χ3v) is 3.25. The molecule has 1 N–H and O–H groups in total. The summed E-state index contributed by atoms with van der Waals surface area (Å²) in [6, 6.07) is 0. The van der Waals surface area contributed by atoms with Crippen LogP contribution in [0, 0.1) is 0 Å². The molecule has 0 aromatic rings. The number of aliphatic carboxylic acids is 1. The summed E-state index contributed by atoms with van der Waals surface area (Å²) in [4.78, 5) is 11.3. The molecule has 0 aromatic heterocycles. The van der Waals surface area contributed by atoms with E-state index < -0.39 is 17.2 Å². The zero-order chi connectivity index (χ0) is 12.4. The third-order valence-electron chi connectivity index (χ3n) is 3.25. The van der Waals surface area contributed by atoms with Crippen LogP contribution in [0.3, 0.4) is 0 Å². The predicted molar refractivity (Wildman–Crippen MR) is 60.5 cm³/mol. The number of hydrogen-bond acceptors (Lipinski definition) is 3. The first kappa shape index (κ1) is 13.5. The molecule has 1 rings (SSSR count). The lowest BCUT2D eigenvalue weighted by molar-refractivity contribution is -0.188. The fourth-order valence-electron chi connectivity index (χ4n) is 1.91. The molecule has 4 nitrogen and oxygen atoms in total. The van der Waals surface area contributed by atoms with Crippen LogP contribution in [-0.2, 0) is 14.3 Å². The van der Waals surface area contributed by atoms with Crippen LogP contribution in [0.15, 0.2) is 0 Å². The summed E-state index contributed by atoms with van der Waals surface area (Å²) in [5.74, 6) is -0.912. The first-order valence-corrected chi connectivity index (χ1v) is 5.75. The van der Waals surface area contributed by atoms with Crippen molar-refractivity contribution in [3.8, 4) is 0 Å². The average molecular weight is 230 g/mol. The highest BCUT2D eigenvalue weighted by atomic mass is 16.5. The van der Waals surface area contributed by atoms with Crippen molar-refractivity contribution in [3.63, 3.8) is 0 Å². The molecule has 0 radical (unpaired) electrons. The molecular formula is C12H22O4. The predicted octanol–water partition coefficient (Wildman–Crippen LogP) is 2.21. The maximum Gasteiger partial charge on any atom is 0.335 e. The summed E-state index contributed by atoms with van der Waals surface area (Å²) in [5.41, 5.74) is -1.64. The topological polar surface area (TPSA) is 55.8 Å². The first-order chi connectivity index (χ1) is 7.29. The van der Waals surface area contributed by atoms with Crippen molar-refractivity contribution in [1.29, 1.82) is 0 Å². The second kappa shape index (κ2) is 4.72. The van der Waals surface area contributed by atoms with E-state index in [4.69, 9.17) is 9.47 Å². The summed E-state index contributed by atoms with van der Waals surface area (Å²) < 4.78 is 11.0. The van der Waals surface area contributed by atoms with Crippen LogP contribution in [0.1, 0.15) is 46.5 Å². The highest BCUT2D eigenvalue weighted by molar-refractivity contribution is 5.77. The largest absolute Gasteiger partial charge is 0.479 e. The first-order valence-electron chi connectivity index (χ1n) is 5.75. The van der Waals surface area contributed by atoms with Crippen molar-refractivity contribution >= 4 is 5.97 Å². The Bertz CT molecular complexity index is 258. The molecule has 1 atom stereocenters. The number of ether oxygens (including phenoxy) is 2. The van der Waals surface area contributed by atoms with E-state index >= 15 is 0 Å². The molecule has 1 unspecified atom stereocenters. The molecule has 4 heteroatoms. The van der Waals surface area contributed by atoms with Gasteiger partial charge in [0.15, 0.2) is 5.60 Å². The van der Waals surface area contributed by atoms with Gasteiger partial charge in [0.2, 0.25) is 0 Å². The second-order valence-corrected chi connectivity index (χ2v) is 5.35. The van der Waals surface area contributed by atoms with Gasteiger partial charge >= 0.3 is 5.97 Å². The minimum Gasteiger partial charge on any atom is -0.479 e. The Morgan fingerprint density at radius 2 is 1.94 bits per heavy atom. The van der Waals surface area contributed by atoms with Crippen molar-refractivity contribution in [2.45, 2.75) is 63.8 Å². The number of methoxy groups -OCH3 is 1. The van der Waals surface area contributed by atoms with Crippen molar-refractivity contribution in [2.75, 3.05) is 7.11 Å². The van der Waals surface area contributed by atoms with Crippen molar-refractivity contribution < 1.29 is 19.4 Å². The van der Waals surface area contributed by atoms with E-state index in [0.29, 0.717) is 6.42 Å². The van der Waals surface area contributed by atoms with Gasteiger partial charge in [0, 0.05) is 13.5 Å². The Balaban J connectivity index is 2.67. The number of carboxylic acids is 1. The van der Waals surface area contributed by atoms with Gasteiger partial charge in [0.05, 0.1) is 11.7 Å². The molecule has 1 fully saturated rings. The molecule has 1 saturated carbocycles. The van der Waals surface area contributed by atoms with Crippen LogP contribution in [0.2, 0.25) is 0 Å². The molecule has 0 amide bonds. The monoisotopic (exact) mass is 230 g/mol. The highest BCUT2D eigenvalue weighted by Crippen LogP contribution is 2.33. The Morgan fingerprint density at radius 1 is 1.38 bits per heavy atom. The Morgan fingerprint density at radius 3 is 2.25 bits per heavy atom. The molecule has 0 spiro atoms. The average Bonchev–Trinajstić information content (AvgIpc) is 2.11. The maximum absolute atomic E-state index is 11.3. The van der Waals surface area contributed by atoms with Gasteiger partial charge in [-0.05, 0) is 40.0 Å². The quantitative estimate of drug-likeness (QED) is 0.760. The van der Waals surface area contributed by atoms with E-state index in [1.807, 2.05) is 13.8 Å². The van der Waals surface area contributed by atoms with Gasteiger partial charge in [-0.1, -0.05) is 0 Å². The standard InChI is InChI=1S/C12H22O4/c1-11(2,15-4)8-12(3,10(13)14)16-9-6-5-7-9/h9H,5-8H2,1-4H3,(H,13,14). The third kappa shape index (κ3) is 3.19. The molecule has 0 bridgehead atoms.